The molecule has 110 valence electrons. The molecular weight excluding hydrogens is 266 g/mol. The molecule has 1 saturated heterocycles. The molecule has 0 atom stereocenters. The third-order valence-electron chi connectivity index (χ3n) is 3.56. The van der Waals surface area contributed by atoms with Crippen LogP contribution >= 0.6 is 12.2 Å². The van der Waals surface area contributed by atoms with Crippen LogP contribution < -0.4 is 5.32 Å². The molecule has 1 heterocycles. The molecule has 1 aromatic carbocycles. The monoisotopic (exact) mass is 291 g/mol. The van der Waals surface area contributed by atoms with Gasteiger partial charge in [-0.3, -0.25) is 4.90 Å². The first kappa shape index (κ1) is 15.3. The van der Waals surface area contributed by atoms with Gasteiger partial charge < -0.3 is 10.2 Å². The Morgan fingerprint density at radius 2 is 1.95 bits per heavy atom. The van der Waals surface area contributed by atoms with E-state index in [2.05, 4.69) is 60.2 Å². The van der Waals surface area contributed by atoms with Gasteiger partial charge in [0.1, 0.15) is 0 Å². The molecule has 1 aromatic rings. The van der Waals surface area contributed by atoms with E-state index in [4.69, 9.17) is 12.2 Å². The van der Waals surface area contributed by atoms with Gasteiger partial charge in [0.2, 0.25) is 0 Å². The van der Waals surface area contributed by atoms with Gasteiger partial charge in [0.05, 0.1) is 0 Å². The Morgan fingerprint density at radius 1 is 1.25 bits per heavy atom. The van der Waals surface area contributed by atoms with Crippen LogP contribution in [0.15, 0.2) is 24.3 Å². The number of rotatable bonds is 3. The van der Waals surface area contributed by atoms with Crippen LogP contribution in [0.5, 0.6) is 0 Å². The van der Waals surface area contributed by atoms with Crippen molar-refractivity contribution < 1.29 is 0 Å². The molecule has 4 heteroatoms. The highest BCUT2D eigenvalue weighted by atomic mass is 32.1. The van der Waals surface area contributed by atoms with Crippen LogP contribution in [0.3, 0.4) is 0 Å². The molecule has 0 aliphatic carbocycles. The van der Waals surface area contributed by atoms with Crippen LogP contribution in [0.2, 0.25) is 0 Å². The van der Waals surface area contributed by atoms with Crippen LogP contribution in [0, 0.1) is 6.92 Å². The van der Waals surface area contributed by atoms with Gasteiger partial charge in [-0.1, -0.05) is 29.8 Å². The van der Waals surface area contributed by atoms with Gasteiger partial charge in [0, 0.05) is 38.8 Å². The summed E-state index contributed by atoms with van der Waals surface area (Å²) in [7, 11) is 0. The van der Waals surface area contributed by atoms with Crippen molar-refractivity contribution in [3.05, 3.63) is 35.4 Å². The average molecular weight is 291 g/mol. The zero-order chi connectivity index (χ0) is 14.5. The summed E-state index contributed by atoms with van der Waals surface area (Å²) in [6.07, 6.45) is 0. The van der Waals surface area contributed by atoms with Crippen molar-refractivity contribution in [3.63, 3.8) is 0 Å². The Bertz CT molecular complexity index is 451. The van der Waals surface area contributed by atoms with Crippen molar-refractivity contribution in [1.29, 1.82) is 0 Å². The third kappa shape index (κ3) is 4.46. The SMILES string of the molecule is Cc1cccc(CN2CCN(C(=S)NC(C)C)CC2)c1. The van der Waals surface area contributed by atoms with Gasteiger partial charge >= 0.3 is 0 Å². The van der Waals surface area contributed by atoms with E-state index in [-0.39, 0.29) is 0 Å². The Balaban J connectivity index is 1.81. The zero-order valence-electron chi connectivity index (χ0n) is 12.7. The summed E-state index contributed by atoms with van der Waals surface area (Å²) in [6.45, 7) is 11.6. The van der Waals surface area contributed by atoms with Crippen molar-refractivity contribution in [2.24, 2.45) is 0 Å². The fourth-order valence-corrected chi connectivity index (χ4v) is 2.93. The second kappa shape index (κ2) is 7.04. The maximum atomic E-state index is 5.43. The van der Waals surface area contributed by atoms with Crippen molar-refractivity contribution in [2.45, 2.75) is 33.4 Å². The minimum atomic E-state index is 0.410. The minimum absolute atomic E-state index is 0.410. The van der Waals surface area contributed by atoms with E-state index in [0.29, 0.717) is 6.04 Å². The molecule has 1 aliphatic heterocycles. The topological polar surface area (TPSA) is 18.5 Å². The van der Waals surface area contributed by atoms with E-state index in [1.54, 1.807) is 0 Å². The number of hydrogen-bond donors (Lipinski definition) is 1. The maximum absolute atomic E-state index is 5.43. The summed E-state index contributed by atoms with van der Waals surface area (Å²) in [5, 5.41) is 4.22. The molecule has 0 spiro atoms. The molecule has 1 aliphatic rings. The van der Waals surface area contributed by atoms with Crippen LogP contribution in [-0.4, -0.2) is 47.1 Å². The molecule has 2 rings (SSSR count). The summed E-state index contributed by atoms with van der Waals surface area (Å²) in [5.41, 5.74) is 2.74. The second-order valence-electron chi connectivity index (χ2n) is 5.86. The minimum Gasteiger partial charge on any atom is -0.360 e. The predicted molar refractivity (Wildman–Crippen MR) is 88.9 cm³/mol. The fraction of sp³-hybridized carbons (Fsp3) is 0.562. The van der Waals surface area contributed by atoms with Crippen molar-refractivity contribution in [2.75, 3.05) is 26.2 Å². The Morgan fingerprint density at radius 3 is 2.55 bits per heavy atom. The van der Waals surface area contributed by atoms with E-state index in [9.17, 15) is 0 Å². The van der Waals surface area contributed by atoms with Crippen LogP contribution in [0.4, 0.5) is 0 Å². The number of thiocarbonyl (C=S) groups is 1. The molecule has 0 amide bonds. The first-order valence-corrected chi connectivity index (χ1v) is 7.79. The van der Waals surface area contributed by atoms with E-state index in [0.717, 1.165) is 37.8 Å². The molecule has 0 unspecified atom stereocenters. The highest BCUT2D eigenvalue weighted by Gasteiger charge is 2.19. The highest BCUT2D eigenvalue weighted by Crippen LogP contribution is 2.10. The fourth-order valence-electron chi connectivity index (χ4n) is 2.52. The van der Waals surface area contributed by atoms with E-state index in [1.807, 2.05) is 0 Å². The number of piperazine rings is 1. The molecular formula is C16H25N3S. The number of aryl methyl sites for hydroxylation is 1. The highest BCUT2D eigenvalue weighted by molar-refractivity contribution is 7.80. The summed E-state index contributed by atoms with van der Waals surface area (Å²) in [4.78, 5) is 4.78. The smallest absolute Gasteiger partial charge is 0.169 e. The Kier molecular flexibility index (Phi) is 5.38. The van der Waals surface area contributed by atoms with Gasteiger partial charge in [-0.15, -0.1) is 0 Å². The largest absolute Gasteiger partial charge is 0.360 e. The van der Waals surface area contributed by atoms with Crippen molar-refractivity contribution >= 4 is 17.3 Å². The summed E-state index contributed by atoms with van der Waals surface area (Å²) < 4.78 is 0. The number of benzene rings is 1. The molecule has 0 saturated carbocycles. The first-order chi connectivity index (χ1) is 9.54. The molecule has 20 heavy (non-hydrogen) atoms. The lowest BCUT2D eigenvalue weighted by atomic mass is 10.1. The van der Waals surface area contributed by atoms with Crippen molar-refractivity contribution in [1.82, 2.24) is 15.1 Å². The van der Waals surface area contributed by atoms with Gasteiger partial charge in [-0.2, -0.15) is 0 Å². The predicted octanol–water partition coefficient (Wildman–Crippen LogP) is 2.40. The lowest BCUT2D eigenvalue weighted by Gasteiger charge is -2.36. The molecule has 0 radical (unpaired) electrons. The van der Waals surface area contributed by atoms with Gasteiger partial charge in [0.25, 0.3) is 0 Å². The number of hydrogen-bond acceptors (Lipinski definition) is 2. The first-order valence-electron chi connectivity index (χ1n) is 7.38. The molecule has 0 bridgehead atoms. The van der Waals surface area contributed by atoms with Crippen LogP contribution in [0.1, 0.15) is 25.0 Å². The van der Waals surface area contributed by atoms with Gasteiger partial charge in [0.15, 0.2) is 5.11 Å². The van der Waals surface area contributed by atoms with E-state index < -0.39 is 0 Å². The lowest BCUT2D eigenvalue weighted by molar-refractivity contribution is 0.174. The van der Waals surface area contributed by atoms with E-state index >= 15 is 0 Å². The summed E-state index contributed by atoms with van der Waals surface area (Å²) in [5.74, 6) is 0. The number of nitrogens with one attached hydrogen (secondary N) is 1. The normalized spacial score (nSPS) is 16.5. The summed E-state index contributed by atoms with van der Waals surface area (Å²) in [6, 6.07) is 9.19. The molecule has 3 nitrogen and oxygen atoms in total. The third-order valence-corrected chi connectivity index (χ3v) is 3.94. The molecule has 1 N–H and O–H groups in total. The van der Waals surface area contributed by atoms with E-state index in [1.165, 1.54) is 11.1 Å². The molecule has 1 fully saturated rings. The standard InChI is InChI=1S/C16H25N3S/c1-13(2)17-16(20)19-9-7-18(8-10-19)12-15-6-4-5-14(3)11-15/h4-6,11,13H,7-10,12H2,1-3H3,(H,17,20). The Hall–Kier alpha value is -1.13. The van der Waals surface area contributed by atoms with Crippen LogP contribution in [-0.2, 0) is 6.54 Å². The van der Waals surface area contributed by atoms with Gasteiger partial charge in [-0.25, -0.2) is 0 Å². The second-order valence-corrected chi connectivity index (χ2v) is 6.24. The average Bonchev–Trinajstić information content (AvgIpc) is 2.38. The zero-order valence-corrected chi connectivity index (χ0v) is 13.5. The quantitative estimate of drug-likeness (QED) is 0.862. The lowest BCUT2D eigenvalue weighted by Crippen LogP contribution is -2.52. The van der Waals surface area contributed by atoms with Crippen molar-refractivity contribution in [3.8, 4) is 0 Å². The number of nitrogens with zero attached hydrogens (tertiary/aromatic N) is 2. The summed E-state index contributed by atoms with van der Waals surface area (Å²) >= 11 is 5.43. The van der Waals surface area contributed by atoms with Crippen LogP contribution in [0.25, 0.3) is 0 Å². The Labute approximate surface area is 128 Å². The van der Waals surface area contributed by atoms with Gasteiger partial charge in [-0.05, 0) is 38.6 Å². The molecule has 0 aromatic heterocycles. The maximum Gasteiger partial charge on any atom is 0.169 e.